The lowest BCUT2D eigenvalue weighted by molar-refractivity contribution is -0.133. The van der Waals surface area contributed by atoms with Crippen LogP contribution in [0.5, 0.6) is 5.75 Å². The minimum absolute atomic E-state index is 0.148. The van der Waals surface area contributed by atoms with Gasteiger partial charge >= 0.3 is 0 Å². The normalized spacial score (nSPS) is 16.0. The highest BCUT2D eigenvalue weighted by Gasteiger charge is 2.22. The monoisotopic (exact) mass is 460 g/mol. The summed E-state index contributed by atoms with van der Waals surface area (Å²) in [6.07, 6.45) is 1.85. The van der Waals surface area contributed by atoms with E-state index in [0.717, 1.165) is 57.1 Å². The number of benzene rings is 2. The molecule has 3 heterocycles. The van der Waals surface area contributed by atoms with E-state index in [1.165, 1.54) is 16.7 Å². The van der Waals surface area contributed by atoms with Crippen LogP contribution in [0, 0.1) is 0 Å². The molecule has 0 saturated carbocycles. The molecule has 1 amide bonds. The molecule has 0 radical (unpaired) electrons. The van der Waals surface area contributed by atoms with Gasteiger partial charge < -0.3 is 14.2 Å². The van der Waals surface area contributed by atoms with Gasteiger partial charge in [0.25, 0.3) is 0 Å². The van der Waals surface area contributed by atoms with Gasteiger partial charge in [-0.05, 0) is 28.7 Å². The van der Waals surface area contributed by atoms with Crippen molar-refractivity contribution >= 4 is 5.91 Å². The van der Waals surface area contributed by atoms with E-state index in [-0.39, 0.29) is 5.91 Å². The summed E-state index contributed by atoms with van der Waals surface area (Å²) < 4.78 is 11.0. The molecular formula is C27H32N4O3. The fourth-order valence-electron chi connectivity index (χ4n) is 4.61. The smallest absolute Gasteiger partial charge is 0.227 e. The maximum Gasteiger partial charge on any atom is 0.227 e. The minimum Gasteiger partial charge on any atom is -0.493 e. The Morgan fingerprint density at radius 2 is 1.85 bits per heavy atom. The summed E-state index contributed by atoms with van der Waals surface area (Å²) in [6.45, 7) is 9.32. The molecule has 1 saturated heterocycles. The van der Waals surface area contributed by atoms with Crippen molar-refractivity contribution in [3.05, 3.63) is 65.0 Å². The maximum atomic E-state index is 12.7. The van der Waals surface area contributed by atoms with Gasteiger partial charge in [0.2, 0.25) is 17.6 Å². The van der Waals surface area contributed by atoms with Gasteiger partial charge in [-0.25, -0.2) is 0 Å². The second kappa shape index (κ2) is 9.97. The van der Waals surface area contributed by atoms with Crippen molar-refractivity contribution in [2.24, 2.45) is 0 Å². The molecule has 2 aromatic carbocycles. The van der Waals surface area contributed by atoms with Crippen LogP contribution < -0.4 is 4.74 Å². The number of carbonyl (C=O) groups is 1. The SMILES string of the molecule is CC(C)c1ccc(-c2noc(CCC(=O)N3CCN(Cc4ccc5c(c4)CCO5)CC3)n2)cc1. The van der Waals surface area contributed by atoms with Crippen LogP contribution in [0.15, 0.2) is 47.0 Å². The third-order valence-electron chi connectivity index (χ3n) is 6.74. The first kappa shape index (κ1) is 22.6. The number of carbonyl (C=O) groups excluding carboxylic acids is 1. The second-order valence-electron chi connectivity index (χ2n) is 9.49. The molecule has 0 atom stereocenters. The number of rotatable bonds is 7. The van der Waals surface area contributed by atoms with Crippen molar-refractivity contribution in [3.63, 3.8) is 0 Å². The molecule has 2 aliphatic heterocycles. The minimum atomic E-state index is 0.148. The number of hydrogen-bond acceptors (Lipinski definition) is 6. The van der Waals surface area contributed by atoms with Crippen LogP contribution >= 0.6 is 0 Å². The predicted octanol–water partition coefficient (Wildman–Crippen LogP) is 4.07. The zero-order valence-corrected chi connectivity index (χ0v) is 20.0. The van der Waals surface area contributed by atoms with Gasteiger partial charge in [0.1, 0.15) is 5.75 Å². The molecular weight excluding hydrogens is 428 g/mol. The number of ether oxygens (including phenoxy) is 1. The average molecular weight is 461 g/mol. The Balaban J connectivity index is 1.08. The van der Waals surface area contributed by atoms with Crippen LogP contribution in [0.3, 0.4) is 0 Å². The van der Waals surface area contributed by atoms with Gasteiger partial charge in [0.05, 0.1) is 6.61 Å². The van der Waals surface area contributed by atoms with Crippen molar-refractivity contribution in [2.45, 2.75) is 45.6 Å². The van der Waals surface area contributed by atoms with Crippen LogP contribution in [-0.2, 0) is 24.2 Å². The molecule has 178 valence electrons. The van der Waals surface area contributed by atoms with Crippen molar-refractivity contribution in [3.8, 4) is 17.1 Å². The summed E-state index contributed by atoms with van der Waals surface area (Å²) in [7, 11) is 0. The van der Waals surface area contributed by atoms with Crippen LogP contribution in [-0.4, -0.2) is 58.6 Å². The van der Waals surface area contributed by atoms with Crippen molar-refractivity contribution in [1.29, 1.82) is 0 Å². The highest BCUT2D eigenvalue weighted by molar-refractivity contribution is 5.76. The summed E-state index contributed by atoms with van der Waals surface area (Å²) in [4.78, 5) is 21.6. The second-order valence-corrected chi connectivity index (χ2v) is 9.49. The predicted molar refractivity (Wildman–Crippen MR) is 130 cm³/mol. The topological polar surface area (TPSA) is 71.7 Å². The fourth-order valence-corrected chi connectivity index (χ4v) is 4.61. The Kier molecular flexibility index (Phi) is 6.63. The Morgan fingerprint density at radius 1 is 1.06 bits per heavy atom. The molecule has 34 heavy (non-hydrogen) atoms. The van der Waals surface area contributed by atoms with Crippen molar-refractivity contribution in [1.82, 2.24) is 19.9 Å². The number of amides is 1. The molecule has 7 heteroatoms. The third-order valence-corrected chi connectivity index (χ3v) is 6.74. The quantitative estimate of drug-likeness (QED) is 0.529. The van der Waals surface area contributed by atoms with Crippen molar-refractivity contribution in [2.75, 3.05) is 32.8 Å². The fraction of sp³-hybridized carbons (Fsp3) is 0.444. The Hall–Kier alpha value is -3.19. The first-order valence-electron chi connectivity index (χ1n) is 12.2. The number of nitrogens with zero attached hydrogens (tertiary/aromatic N) is 4. The van der Waals surface area contributed by atoms with E-state index in [1.54, 1.807) is 0 Å². The standard InChI is InChI=1S/C27H32N4O3/c1-19(2)21-4-6-22(7-5-21)27-28-25(34-29-27)9-10-26(32)31-14-12-30(13-15-31)18-20-3-8-24-23(17-20)11-16-33-24/h3-8,17,19H,9-16,18H2,1-2H3. The maximum absolute atomic E-state index is 12.7. The highest BCUT2D eigenvalue weighted by Crippen LogP contribution is 2.26. The molecule has 7 nitrogen and oxygen atoms in total. The lowest BCUT2D eigenvalue weighted by Crippen LogP contribution is -2.48. The largest absolute Gasteiger partial charge is 0.493 e. The lowest BCUT2D eigenvalue weighted by Gasteiger charge is -2.34. The van der Waals surface area contributed by atoms with E-state index >= 15 is 0 Å². The average Bonchev–Trinajstić information content (AvgIpc) is 3.52. The number of aryl methyl sites for hydroxylation is 1. The first-order chi connectivity index (χ1) is 16.5. The molecule has 2 aliphatic rings. The zero-order valence-electron chi connectivity index (χ0n) is 20.0. The van der Waals surface area contributed by atoms with Gasteiger partial charge in [-0.15, -0.1) is 0 Å². The van der Waals surface area contributed by atoms with Crippen molar-refractivity contribution < 1.29 is 14.1 Å². The summed E-state index contributed by atoms with van der Waals surface area (Å²) in [5, 5.41) is 4.10. The summed E-state index contributed by atoms with van der Waals surface area (Å²) >= 11 is 0. The molecule has 0 unspecified atom stereocenters. The number of aromatic nitrogens is 2. The Bertz CT molecular complexity index is 1130. The number of fused-ring (bicyclic) bond motifs is 1. The summed E-state index contributed by atoms with van der Waals surface area (Å²) in [6, 6.07) is 14.7. The van der Waals surface area contributed by atoms with Gasteiger partial charge in [0.15, 0.2) is 0 Å². The zero-order chi connectivity index (χ0) is 23.5. The van der Waals surface area contributed by atoms with E-state index < -0.39 is 0 Å². The van der Waals surface area contributed by atoms with E-state index in [9.17, 15) is 4.79 Å². The Labute approximate surface area is 200 Å². The van der Waals surface area contributed by atoms with Crippen LogP contribution in [0.2, 0.25) is 0 Å². The number of piperazine rings is 1. The summed E-state index contributed by atoms with van der Waals surface area (Å²) in [5.41, 5.74) is 4.83. The van der Waals surface area contributed by atoms with E-state index in [4.69, 9.17) is 9.26 Å². The van der Waals surface area contributed by atoms with Crippen LogP contribution in [0.1, 0.15) is 48.8 Å². The van der Waals surface area contributed by atoms with Gasteiger partial charge in [-0.3, -0.25) is 9.69 Å². The summed E-state index contributed by atoms with van der Waals surface area (Å²) in [5.74, 6) is 2.74. The van der Waals surface area contributed by atoms with E-state index in [0.29, 0.717) is 30.5 Å². The highest BCUT2D eigenvalue weighted by atomic mass is 16.5. The first-order valence-corrected chi connectivity index (χ1v) is 12.2. The molecule has 1 fully saturated rings. The molecule has 0 N–H and O–H groups in total. The molecule has 3 aromatic rings. The lowest BCUT2D eigenvalue weighted by atomic mass is 10.0. The van der Waals surface area contributed by atoms with Gasteiger partial charge in [0, 0.05) is 57.5 Å². The van der Waals surface area contributed by atoms with Crippen LogP contribution in [0.4, 0.5) is 0 Å². The molecule has 1 aromatic heterocycles. The van der Waals surface area contributed by atoms with Gasteiger partial charge in [-0.2, -0.15) is 4.98 Å². The van der Waals surface area contributed by atoms with E-state index in [1.807, 2.05) is 17.0 Å². The third kappa shape index (κ3) is 5.14. The number of hydrogen-bond donors (Lipinski definition) is 0. The van der Waals surface area contributed by atoms with E-state index in [2.05, 4.69) is 59.2 Å². The van der Waals surface area contributed by atoms with Gasteiger partial charge in [-0.1, -0.05) is 55.4 Å². The molecule has 0 aliphatic carbocycles. The molecule has 0 spiro atoms. The molecule has 0 bridgehead atoms. The molecule has 5 rings (SSSR count). The Morgan fingerprint density at radius 3 is 2.62 bits per heavy atom. The van der Waals surface area contributed by atoms with Crippen LogP contribution in [0.25, 0.3) is 11.4 Å².